The molecule has 2 aromatic rings. The normalized spacial score (nSPS) is 12.4. The standard InChI is InChI=1S/C16H15BrClF2N/c1-2-21-15(7-10-4-3-5-12(18)6-10)16-13(19)8-11(17)9-14(16)20/h3-6,8-9,15,21H,2,7H2,1H3. The van der Waals surface area contributed by atoms with Crippen LogP contribution >= 0.6 is 27.5 Å². The molecule has 1 atom stereocenters. The lowest BCUT2D eigenvalue weighted by molar-refractivity contribution is 0.472. The van der Waals surface area contributed by atoms with Crippen molar-refractivity contribution in [3.63, 3.8) is 0 Å². The Labute approximate surface area is 136 Å². The Bertz CT molecular complexity index is 610. The van der Waals surface area contributed by atoms with Crippen molar-refractivity contribution in [1.82, 2.24) is 5.32 Å². The smallest absolute Gasteiger partial charge is 0.132 e. The molecule has 0 spiro atoms. The summed E-state index contributed by atoms with van der Waals surface area (Å²) < 4.78 is 28.6. The molecule has 0 aromatic heterocycles. The number of nitrogens with one attached hydrogen (secondary N) is 1. The van der Waals surface area contributed by atoms with Crippen LogP contribution in [0.4, 0.5) is 8.78 Å². The Morgan fingerprint density at radius 1 is 1.19 bits per heavy atom. The third-order valence-electron chi connectivity index (χ3n) is 3.17. The first-order valence-corrected chi connectivity index (χ1v) is 7.80. The summed E-state index contributed by atoms with van der Waals surface area (Å²) in [4.78, 5) is 0. The minimum absolute atomic E-state index is 0.0556. The summed E-state index contributed by atoms with van der Waals surface area (Å²) in [5, 5.41) is 3.74. The van der Waals surface area contributed by atoms with Gasteiger partial charge >= 0.3 is 0 Å². The molecule has 21 heavy (non-hydrogen) atoms. The van der Waals surface area contributed by atoms with Gasteiger partial charge in [-0.2, -0.15) is 0 Å². The highest BCUT2D eigenvalue weighted by Gasteiger charge is 2.20. The summed E-state index contributed by atoms with van der Waals surface area (Å²) in [7, 11) is 0. The monoisotopic (exact) mass is 373 g/mol. The molecule has 0 aliphatic heterocycles. The van der Waals surface area contributed by atoms with Crippen molar-refractivity contribution < 1.29 is 8.78 Å². The zero-order chi connectivity index (χ0) is 15.4. The Kier molecular flexibility index (Phi) is 5.73. The molecule has 0 fully saturated rings. The van der Waals surface area contributed by atoms with Crippen molar-refractivity contribution in [3.8, 4) is 0 Å². The van der Waals surface area contributed by atoms with E-state index in [1.54, 1.807) is 12.1 Å². The molecule has 5 heteroatoms. The number of likely N-dealkylation sites (N-methyl/N-ethyl adjacent to an activating group) is 1. The number of halogens is 4. The summed E-state index contributed by atoms with van der Waals surface area (Å²) in [6.45, 7) is 2.51. The summed E-state index contributed by atoms with van der Waals surface area (Å²) in [6.07, 6.45) is 0.462. The van der Waals surface area contributed by atoms with Crippen LogP contribution in [0.1, 0.15) is 24.1 Å². The van der Waals surface area contributed by atoms with Gasteiger partial charge in [-0.1, -0.05) is 46.6 Å². The summed E-state index contributed by atoms with van der Waals surface area (Å²) in [5.74, 6) is -1.12. The number of rotatable bonds is 5. The molecule has 1 unspecified atom stereocenters. The van der Waals surface area contributed by atoms with Crippen LogP contribution in [0.3, 0.4) is 0 Å². The molecule has 0 aliphatic rings. The van der Waals surface area contributed by atoms with Crippen molar-refractivity contribution >= 4 is 27.5 Å². The van der Waals surface area contributed by atoms with E-state index in [2.05, 4.69) is 21.2 Å². The molecular weight excluding hydrogens is 360 g/mol. The van der Waals surface area contributed by atoms with Crippen molar-refractivity contribution in [3.05, 3.63) is 68.7 Å². The molecule has 2 rings (SSSR count). The maximum Gasteiger partial charge on any atom is 0.132 e. The van der Waals surface area contributed by atoms with Crippen molar-refractivity contribution in [2.45, 2.75) is 19.4 Å². The van der Waals surface area contributed by atoms with Gasteiger partial charge in [0.15, 0.2) is 0 Å². The average Bonchev–Trinajstić information content (AvgIpc) is 2.37. The van der Waals surface area contributed by atoms with Crippen LogP contribution in [0.5, 0.6) is 0 Å². The second-order valence-corrected chi connectivity index (χ2v) is 6.08. The first-order valence-electron chi connectivity index (χ1n) is 6.63. The van der Waals surface area contributed by atoms with E-state index < -0.39 is 17.7 Å². The fraction of sp³-hybridized carbons (Fsp3) is 0.250. The van der Waals surface area contributed by atoms with Crippen LogP contribution in [0.15, 0.2) is 40.9 Å². The molecule has 1 nitrogen and oxygen atoms in total. The fourth-order valence-corrected chi connectivity index (χ4v) is 2.92. The molecule has 0 aliphatic carbocycles. The quantitative estimate of drug-likeness (QED) is 0.751. The van der Waals surface area contributed by atoms with E-state index in [0.717, 1.165) is 5.56 Å². The number of hydrogen-bond donors (Lipinski definition) is 1. The van der Waals surface area contributed by atoms with Gasteiger partial charge < -0.3 is 5.32 Å². The van der Waals surface area contributed by atoms with E-state index in [0.29, 0.717) is 22.5 Å². The Hall–Kier alpha value is -0.970. The van der Waals surface area contributed by atoms with Crippen LogP contribution in [0.2, 0.25) is 5.02 Å². The molecule has 0 heterocycles. The first-order chi connectivity index (χ1) is 10.0. The zero-order valence-electron chi connectivity index (χ0n) is 11.5. The van der Waals surface area contributed by atoms with E-state index in [-0.39, 0.29) is 5.56 Å². The van der Waals surface area contributed by atoms with Gasteiger partial charge in [0.05, 0.1) is 0 Å². The first kappa shape index (κ1) is 16.4. The van der Waals surface area contributed by atoms with Crippen LogP contribution in [-0.4, -0.2) is 6.54 Å². The van der Waals surface area contributed by atoms with Crippen LogP contribution < -0.4 is 5.32 Å². The Morgan fingerprint density at radius 3 is 2.43 bits per heavy atom. The summed E-state index contributed by atoms with van der Waals surface area (Å²) in [6, 6.07) is 9.41. The van der Waals surface area contributed by atoms with Gasteiger partial charge in [0.2, 0.25) is 0 Å². The molecule has 0 amide bonds. The maximum absolute atomic E-state index is 14.1. The minimum atomic E-state index is -0.560. The highest BCUT2D eigenvalue weighted by Crippen LogP contribution is 2.27. The number of hydrogen-bond acceptors (Lipinski definition) is 1. The Balaban J connectivity index is 2.35. The van der Waals surface area contributed by atoms with E-state index in [1.807, 2.05) is 19.1 Å². The van der Waals surface area contributed by atoms with Gasteiger partial charge in [0, 0.05) is 21.1 Å². The lowest BCUT2D eigenvalue weighted by atomic mass is 9.98. The number of benzene rings is 2. The molecule has 0 bridgehead atoms. The SMILES string of the molecule is CCNC(Cc1cccc(Cl)c1)c1c(F)cc(Br)cc1F. The largest absolute Gasteiger partial charge is 0.310 e. The molecule has 0 saturated heterocycles. The van der Waals surface area contributed by atoms with E-state index in [4.69, 9.17) is 11.6 Å². The summed E-state index contributed by atoms with van der Waals surface area (Å²) >= 11 is 9.05. The molecule has 112 valence electrons. The third-order valence-corrected chi connectivity index (χ3v) is 3.86. The van der Waals surface area contributed by atoms with E-state index >= 15 is 0 Å². The van der Waals surface area contributed by atoms with Gasteiger partial charge in [-0.15, -0.1) is 0 Å². The highest BCUT2D eigenvalue weighted by atomic mass is 79.9. The van der Waals surface area contributed by atoms with Crippen molar-refractivity contribution in [1.29, 1.82) is 0 Å². The van der Waals surface area contributed by atoms with Crippen molar-refractivity contribution in [2.75, 3.05) is 6.54 Å². The topological polar surface area (TPSA) is 12.0 Å². The van der Waals surface area contributed by atoms with Gasteiger partial charge in [0.1, 0.15) is 11.6 Å². The van der Waals surface area contributed by atoms with Crippen LogP contribution in [0, 0.1) is 11.6 Å². The van der Waals surface area contributed by atoms with E-state index in [1.165, 1.54) is 12.1 Å². The second-order valence-electron chi connectivity index (χ2n) is 4.73. The third kappa shape index (κ3) is 4.25. The molecule has 0 saturated carbocycles. The predicted molar refractivity (Wildman–Crippen MR) is 85.6 cm³/mol. The molecule has 0 radical (unpaired) electrons. The summed E-state index contributed by atoms with van der Waals surface area (Å²) in [5.41, 5.74) is 0.982. The molecular formula is C16H15BrClF2N. The molecule has 1 N–H and O–H groups in total. The van der Waals surface area contributed by atoms with Crippen molar-refractivity contribution in [2.24, 2.45) is 0 Å². The maximum atomic E-state index is 14.1. The fourth-order valence-electron chi connectivity index (χ4n) is 2.31. The van der Waals surface area contributed by atoms with Gasteiger partial charge in [-0.05, 0) is 42.8 Å². The van der Waals surface area contributed by atoms with Gasteiger partial charge in [0.25, 0.3) is 0 Å². The zero-order valence-corrected chi connectivity index (χ0v) is 13.8. The minimum Gasteiger partial charge on any atom is -0.310 e. The van der Waals surface area contributed by atoms with Gasteiger partial charge in [-0.3, -0.25) is 0 Å². The second kappa shape index (κ2) is 7.34. The van der Waals surface area contributed by atoms with Gasteiger partial charge in [-0.25, -0.2) is 8.78 Å². The van der Waals surface area contributed by atoms with Crippen LogP contribution in [0.25, 0.3) is 0 Å². The molecule has 2 aromatic carbocycles. The van der Waals surface area contributed by atoms with Crippen LogP contribution in [-0.2, 0) is 6.42 Å². The lowest BCUT2D eigenvalue weighted by Gasteiger charge is -2.20. The average molecular weight is 375 g/mol. The highest BCUT2D eigenvalue weighted by molar-refractivity contribution is 9.10. The lowest BCUT2D eigenvalue weighted by Crippen LogP contribution is -2.25. The predicted octanol–water partition coefficient (Wildman–Crippen LogP) is 5.27. The Morgan fingerprint density at radius 2 is 1.86 bits per heavy atom. The van der Waals surface area contributed by atoms with E-state index in [9.17, 15) is 8.78 Å².